The lowest BCUT2D eigenvalue weighted by Gasteiger charge is -2.11. The number of aromatic hydroxyl groups is 2. The summed E-state index contributed by atoms with van der Waals surface area (Å²) in [6.45, 7) is 7.32. The highest BCUT2D eigenvalue weighted by Crippen LogP contribution is 2.35. The van der Waals surface area contributed by atoms with Gasteiger partial charge >= 0.3 is 11.3 Å². The van der Waals surface area contributed by atoms with Crippen LogP contribution in [-0.2, 0) is 6.42 Å². The Balaban J connectivity index is 1.97. The van der Waals surface area contributed by atoms with Crippen LogP contribution in [0.2, 0.25) is 0 Å². The van der Waals surface area contributed by atoms with Crippen LogP contribution in [0, 0.1) is 27.7 Å². The molecule has 0 radical (unpaired) electrons. The van der Waals surface area contributed by atoms with Crippen LogP contribution in [0.25, 0.3) is 21.9 Å². The fourth-order valence-electron chi connectivity index (χ4n) is 3.93. The molecule has 0 aliphatic heterocycles. The van der Waals surface area contributed by atoms with Crippen LogP contribution >= 0.6 is 0 Å². The van der Waals surface area contributed by atoms with E-state index >= 15 is 0 Å². The minimum absolute atomic E-state index is 0.101. The molecular formula is C23H20O6. The summed E-state index contributed by atoms with van der Waals surface area (Å²) >= 11 is 0. The third-order valence-electron chi connectivity index (χ3n) is 5.18. The fraction of sp³-hybridized carbons (Fsp3) is 0.217. The lowest BCUT2D eigenvalue weighted by Crippen LogP contribution is -2.15. The van der Waals surface area contributed by atoms with Crippen molar-refractivity contribution in [3.05, 3.63) is 78.5 Å². The van der Waals surface area contributed by atoms with Gasteiger partial charge in [-0.2, -0.15) is 0 Å². The van der Waals surface area contributed by atoms with Crippen molar-refractivity contribution in [2.75, 3.05) is 0 Å². The van der Waals surface area contributed by atoms with E-state index in [1.165, 1.54) is 0 Å². The molecule has 0 fully saturated rings. The normalized spacial score (nSPS) is 11.4. The second-order valence-corrected chi connectivity index (χ2v) is 7.52. The van der Waals surface area contributed by atoms with E-state index in [1.807, 2.05) is 26.0 Å². The van der Waals surface area contributed by atoms with Gasteiger partial charge in [-0.15, -0.1) is 0 Å². The number of hydrogen-bond acceptors (Lipinski definition) is 6. The van der Waals surface area contributed by atoms with Crippen LogP contribution < -0.4 is 11.3 Å². The van der Waals surface area contributed by atoms with E-state index in [0.717, 1.165) is 22.3 Å². The molecule has 0 amide bonds. The molecule has 2 aromatic carbocycles. The van der Waals surface area contributed by atoms with E-state index < -0.39 is 11.3 Å². The third kappa shape index (κ3) is 2.97. The van der Waals surface area contributed by atoms with Crippen molar-refractivity contribution in [1.82, 2.24) is 0 Å². The largest absolute Gasteiger partial charge is 0.507 e. The summed E-state index contributed by atoms with van der Waals surface area (Å²) in [5.41, 5.74) is 2.08. The molecule has 6 nitrogen and oxygen atoms in total. The van der Waals surface area contributed by atoms with Gasteiger partial charge in [0.25, 0.3) is 0 Å². The quantitative estimate of drug-likeness (QED) is 0.497. The van der Waals surface area contributed by atoms with E-state index in [0.29, 0.717) is 10.8 Å². The fourth-order valence-corrected chi connectivity index (χ4v) is 3.93. The van der Waals surface area contributed by atoms with Crippen LogP contribution in [0.3, 0.4) is 0 Å². The summed E-state index contributed by atoms with van der Waals surface area (Å²) in [4.78, 5) is 25.1. The topological polar surface area (TPSA) is 101 Å². The first-order chi connectivity index (χ1) is 13.7. The molecule has 0 saturated heterocycles. The van der Waals surface area contributed by atoms with Crippen molar-refractivity contribution < 1.29 is 19.0 Å². The summed E-state index contributed by atoms with van der Waals surface area (Å²) in [7, 11) is 0. The van der Waals surface area contributed by atoms with E-state index in [4.69, 9.17) is 8.83 Å². The third-order valence-corrected chi connectivity index (χ3v) is 5.18. The first-order valence-electron chi connectivity index (χ1n) is 9.19. The number of benzene rings is 2. The molecule has 0 saturated carbocycles. The Morgan fingerprint density at radius 2 is 1.07 bits per heavy atom. The lowest BCUT2D eigenvalue weighted by atomic mass is 9.99. The maximum Gasteiger partial charge on any atom is 0.343 e. The molecular weight excluding hydrogens is 372 g/mol. The van der Waals surface area contributed by atoms with Gasteiger partial charge < -0.3 is 19.0 Å². The SMILES string of the molecule is Cc1cc(C)c2c(O)c(Cc3c(O)c4c(C)cc(C)cc4oc3=O)c(=O)oc2c1. The van der Waals surface area contributed by atoms with Gasteiger partial charge in [0.05, 0.1) is 21.9 Å². The number of hydrogen-bond donors (Lipinski definition) is 2. The van der Waals surface area contributed by atoms with Crippen LogP contribution in [0.5, 0.6) is 11.5 Å². The highest BCUT2D eigenvalue weighted by Gasteiger charge is 2.22. The molecule has 0 aliphatic rings. The molecule has 0 unspecified atom stereocenters. The predicted octanol–water partition coefficient (Wildman–Crippen LogP) is 4.14. The first kappa shape index (κ1) is 18.8. The predicted molar refractivity (Wildman–Crippen MR) is 110 cm³/mol. The van der Waals surface area contributed by atoms with Crippen LogP contribution in [0.1, 0.15) is 33.4 Å². The number of fused-ring (bicyclic) bond motifs is 2. The van der Waals surface area contributed by atoms with Gasteiger partial charge in [0.1, 0.15) is 22.7 Å². The second-order valence-electron chi connectivity index (χ2n) is 7.52. The molecule has 148 valence electrons. The average molecular weight is 392 g/mol. The highest BCUT2D eigenvalue weighted by molar-refractivity contribution is 5.89. The first-order valence-corrected chi connectivity index (χ1v) is 9.19. The molecule has 0 aliphatic carbocycles. The molecule has 2 aromatic heterocycles. The van der Waals surface area contributed by atoms with Crippen LogP contribution in [0.15, 0.2) is 42.7 Å². The average Bonchev–Trinajstić information content (AvgIpc) is 2.58. The van der Waals surface area contributed by atoms with Crippen LogP contribution in [-0.4, -0.2) is 10.2 Å². The summed E-state index contributed by atoms with van der Waals surface area (Å²) in [6.07, 6.45) is -0.311. The molecule has 0 atom stereocenters. The van der Waals surface area contributed by atoms with Crippen molar-refractivity contribution >= 4 is 21.9 Å². The molecule has 0 bridgehead atoms. The summed E-state index contributed by atoms with van der Waals surface area (Å²) < 4.78 is 10.8. The minimum atomic E-state index is -0.764. The number of rotatable bonds is 2. The smallest absolute Gasteiger partial charge is 0.343 e. The molecule has 2 heterocycles. The molecule has 4 aromatic rings. The van der Waals surface area contributed by atoms with Crippen molar-refractivity contribution in [2.45, 2.75) is 34.1 Å². The Labute approximate surface area is 165 Å². The van der Waals surface area contributed by atoms with Gasteiger partial charge in [-0.05, 0) is 62.1 Å². The summed E-state index contributed by atoms with van der Waals surface area (Å²) in [6, 6.07) is 7.06. The maximum atomic E-state index is 12.5. The molecule has 2 N–H and O–H groups in total. The van der Waals surface area contributed by atoms with Crippen molar-refractivity contribution in [3.8, 4) is 11.5 Å². The standard InChI is InChI=1S/C23H20O6/c1-10-5-12(3)18-16(7-10)28-22(26)14(20(18)24)9-15-21(25)19-13(4)6-11(2)8-17(19)29-23(15)27/h5-8,24-25H,9H2,1-4H3. The zero-order chi connectivity index (χ0) is 21.0. The molecule has 6 heteroatoms. The summed E-state index contributed by atoms with van der Waals surface area (Å²) in [5.74, 6) is -0.512. The Kier molecular flexibility index (Phi) is 4.22. The Morgan fingerprint density at radius 3 is 1.45 bits per heavy atom. The number of aryl methyl sites for hydroxylation is 4. The highest BCUT2D eigenvalue weighted by atomic mass is 16.4. The Hall–Kier alpha value is -3.54. The van der Waals surface area contributed by atoms with E-state index in [2.05, 4.69) is 0 Å². The van der Waals surface area contributed by atoms with E-state index in [9.17, 15) is 19.8 Å². The van der Waals surface area contributed by atoms with E-state index in [-0.39, 0.29) is 40.2 Å². The zero-order valence-corrected chi connectivity index (χ0v) is 16.5. The minimum Gasteiger partial charge on any atom is -0.507 e. The van der Waals surface area contributed by atoms with Gasteiger partial charge in [0, 0.05) is 6.42 Å². The molecule has 4 rings (SSSR count). The maximum absolute atomic E-state index is 12.5. The monoisotopic (exact) mass is 392 g/mol. The van der Waals surface area contributed by atoms with Gasteiger partial charge in [0.15, 0.2) is 0 Å². The molecule has 0 spiro atoms. The van der Waals surface area contributed by atoms with Gasteiger partial charge in [0.2, 0.25) is 0 Å². The van der Waals surface area contributed by atoms with Crippen molar-refractivity contribution in [3.63, 3.8) is 0 Å². The van der Waals surface area contributed by atoms with Gasteiger partial charge in [-0.1, -0.05) is 12.1 Å². The van der Waals surface area contributed by atoms with Gasteiger partial charge in [-0.25, -0.2) is 9.59 Å². The Morgan fingerprint density at radius 1 is 0.690 bits per heavy atom. The summed E-state index contributed by atoms with van der Waals surface area (Å²) in [5, 5.41) is 22.4. The van der Waals surface area contributed by atoms with Crippen molar-refractivity contribution in [2.24, 2.45) is 0 Å². The van der Waals surface area contributed by atoms with Gasteiger partial charge in [-0.3, -0.25) is 0 Å². The lowest BCUT2D eigenvalue weighted by molar-refractivity contribution is 0.448. The van der Waals surface area contributed by atoms with Crippen molar-refractivity contribution in [1.29, 1.82) is 0 Å². The molecule has 29 heavy (non-hydrogen) atoms. The zero-order valence-electron chi connectivity index (χ0n) is 16.5. The second kappa shape index (κ2) is 6.51. The Bertz CT molecular complexity index is 1310. The van der Waals surface area contributed by atoms with E-state index in [1.54, 1.807) is 26.0 Å². The van der Waals surface area contributed by atoms with Crippen LogP contribution in [0.4, 0.5) is 0 Å².